The zero-order valence-corrected chi connectivity index (χ0v) is 13.8. The van der Waals surface area contributed by atoms with E-state index in [9.17, 15) is 0 Å². The van der Waals surface area contributed by atoms with E-state index in [0.717, 1.165) is 47.5 Å². The van der Waals surface area contributed by atoms with Gasteiger partial charge in [-0.3, -0.25) is 0 Å². The minimum absolute atomic E-state index is 0.0824. The maximum Gasteiger partial charge on any atom is 0.127 e. The molecule has 0 saturated carbocycles. The average molecular weight is 358 g/mol. The highest BCUT2D eigenvalue weighted by molar-refractivity contribution is 9.10. The Hall–Kier alpha value is -0.580. The van der Waals surface area contributed by atoms with Gasteiger partial charge in [0, 0.05) is 24.2 Å². The Bertz CT molecular complexity index is 605. The molecule has 1 fully saturated rings. The van der Waals surface area contributed by atoms with Crippen molar-refractivity contribution < 1.29 is 4.74 Å². The fourth-order valence-corrected chi connectivity index (χ4v) is 3.30. The van der Waals surface area contributed by atoms with Crippen molar-refractivity contribution in [3.8, 4) is 0 Å². The van der Waals surface area contributed by atoms with Crippen LogP contribution >= 0.6 is 27.5 Å². The van der Waals surface area contributed by atoms with Gasteiger partial charge in [-0.2, -0.15) is 0 Å². The van der Waals surface area contributed by atoms with Gasteiger partial charge in [-0.05, 0) is 43.9 Å². The molecule has 1 saturated heterocycles. The maximum absolute atomic E-state index is 6.30. The summed E-state index contributed by atoms with van der Waals surface area (Å²) >= 11 is 9.79. The van der Waals surface area contributed by atoms with Gasteiger partial charge in [0.25, 0.3) is 0 Å². The number of aryl methyl sites for hydroxylation is 1. The molecule has 0 bridgehead atoms. The van der Waals surface area contributed by atoms with Crippen LogP contribution in [0.1, 0.15) is 31.0 Å². The third-order valence-electron chi connectivity index (χ3n) is 3.88. The number of benzene rings is 1. The first-order valence-corrected chi connectivity index (χ1v) is 8.25. The predicted octanol–water partition coefficient (Wildman–Crippen LogP) is 4.53. The molecular formula is C15H18BrClN2O. The van der Waals surface area contributed by atoms with E-state index in [1.54, 1.807) is 0 Å². The Morgan fingerprint density at radius 2 is 2.40 bits per heavy atom. The lowest BCUT2D eigenvalue weighted by atomic mass is 10.1. The van der Waals surface area contributed by atoms with Crippen LogP contribution in [-0.2, 0) is 11.3 Å². The Morgan fingerprint density at radius 1 is 1.55 bits per heavy atom. The highest BCUT2D eigenvalue weighted by Crippen LogP contribution is 2.28. The first-order chi connectivity index (χ1) is 9.65. The molecule has 2 aromatic rings. The number of imidazole rings is 1. The molecule has 3 rings (SSSR count). The smallest absolute Gasteiger partial charge is 0.127 e. The number of rotatable bonds is 4. The van der Waals surface area contributed by atoms with Gasteiger partial charge in [0.2, 0.25) is 0 Å². The van der Waals surface area contributed by atoms with Crippen molar-refractivity contribution in [3.63, 3.8) is 0 Å². The van der Waals surface area contributed by atoms with Crippen LogP contribution in [0.15, 0.2) is 22.7 Å². The number of aromatic nitrogens is 2. The third kappa shape index (κ3) is 2.87. The molecule has 1 aliphatic heterocycles. The Labute approximate surface area is 132 Å². The second-order valence-electron chi connectivity index (χ2n) is 5.39. The number of hydrogen-bond acceptors (Lipinski definition) is 2. The molecule has 0 aliphatic carbocycles. The van der Waals surface area contributed by atoms with Crippen LogP contribution in [0.5, 0.6) is 0 Å². The van der Waals surface area contributed by atoms with Crippen molar-refractivity contribution in [3.05, 3.63) is 28.5 Å². The van der Waals surface area contributed by atoms with Gasteiger partial charge in [0.15, 0.2) is 0 Å². The normalized spacial score (nSPS) is 20.6. The standard InChI is InChI=1S/C15H18BrClN2O/c1-10(17)15-18-13-8-12(16)2-3-14(13)19(15)6-4-11-5-7-20-9-11/h2-3,8,10-11H,4-7,9H2,1H3. The van der Waals surface area contributed by atoms with Gasteiger partial charge in [-0.1, -0.05) is 15.9 Å². The lowest BCUT2D eigenvalue weighted by molar-refractivity contribution is 0.183. The molecule has 1 aliphatic rings. The molecule has 1 aromatic carbocycles. The number of nitrogens with zero attached hydrogens (tertiary/aromatic N) is 2. The molecule has 108 valence electrons. The van der Waals surface area contributed by atoms with Crippen molar-refractivity contribution in [2.45, 2.75) is 31.7 Å². The molecule has 3 nitrogen and oxygen atoms in total. The van der Waals surface area contributed by atoms with E-state index < -0.39 is 0 Å². The SMILES string of the molecule is CC(Cl)c1nc2cc(Br)ccc2n1CCC1CCOC1. The van der Waals surface area contributed by atoms with E-state index in [0.29, 0.717) is 5.92 Å². The van der Waals surface area contributed by atoms with Crippen LogP contribution < -0.4 is 0 Å². The van der Waals surface area contributed by atoms with Crippen molar-refractivity contribution in [2.24, 2.45) is 5.92 Å². The van der Waals surface area contributed by atoms with Gasteiger partial charge in [0.1, 0.15) is 5.82 Å². The Balaban J connectivity index is 1.91. The first kappa shape index (κ1) is 14.4. The number of hydrogen-bond donors (Lipinski definition) is 0. The second-order valence-corrected chi connectivity index (χ2v) is 6.96. The lowest BCUT2D eigenvalue weighted by Gasteiger charge is -2.13. The fraction of sp³-hybridized carbons (Fsp3) is 0.533. The lowest BCUT2D eigenvalue weighted by Crippen LogP contribution is -2.09. The Morgan fingerprint density at radius 3 is 3.10 bits per heavy atom. The number of fused-ring (bicyclic) bond motifs is 1. The van der Waals surface area contributed by atoms with Gasteiger partial charge in [0.05, 0.1) is 16.4 Å². The summed E-state index contributed by atoms with van der Waals surface area (Å²) in [5, 5.41) is -0.0824. The molecule has 0 amide bonds. The molecule has 0 radical (unpaired) electrons. The second kappa shape index (κ2) is 6.04. The molecule has 2 atom stereocenters. The quantitative estimate of drug-likeness (QED) is 0.752. The molecular weight excluding hydrogens is 340 g/mol. The van der Waals surface area contributed by atoms with Gasteiger partial charge < -0.3 is 9.30 Å². The summed E-state index contributed by atoms with van der Waals surface area (Å²) in [7, 11) is 0. The van der Waals surface area contributed by atoms with Crippen LogP contribution in [0.25, 0.3) is 11.0 Å². The monoisotopic (exact) mass is 356 g/mol. The highest BCUT2D eigenvalue weighted by atomic mass is 79.9. The van der Waals surface area contributed by atoms with Crippen molar-refractivity contribution in [1.82, 2.24) is 9.55 Å². The first-order valence-electron chi connectivity index (χ1n) is 7.02. The summed E-state index contributed by atoms with van der Waals surface area (Å²) in [4.78, 5) is 4.69. The summed E-state index contributed by atoms with van der Waals surface area (Å²) in [6, 6.07) is 6.22. The summed E-state index contributed by atoms with van der Waals surface area (Å²) < 4.78 is 8.76. The molecule has 5 heteroatoms. The average Bonchev–Trinajstić information content (AvgIpc) is 3.02. The zero-order chi connectivity index (χ0) is 14.1. The minimum Gasteiger partial charge on any atom is -0.381 e. The van der Waals surface area contributed by atoms with E-state index >= 15 is 0 Å². The Kier molecular flexibility index (Phi) is 4.34. The van der Waals surface area contributed by atoms with E-state index in [1.807, 2.05) is 13.0 Å². The van der Waals surface area contributed by atoms with E-state index in [4.69, 9.17) is 16.3 Å². The minimum atomic E-state index is -0.0824. The van der Waals surface area contributed by atoms with Crippen LogP contribution in [0.2, 0.25) is 0 Å². The molecule has 20 heavy (non-hydrogen) atoms. The number of alkyl halides is 1. The maximum atomic E-state index is 6.30. The fourth-order valence-electron chi connectivity index (χ4n) is 2.78. The van der Waals surface area contributed by atoms with Gasteiger partial charge >= 0.3 is 0 Å². The van der Waals surface area contributed by atoms with Crippen LogP contribution in [0.4, 0.5) is 0 Å². The van der Waals surface area contributed by atoms with Crippen LogP contribution in [0.3, 0.4) is 0 Å². The molecule has 2 heterocycles. The summed E-state index contributed by atoms with van der Waals surface area (Å²) in [6.07, 6.45) is 2.29. The number of halogens is 2. The van der Waals surface area contributed by atoms with E-state index in [-0.39, 0.29) is 5.38 Å². The van der Waals surface area contributed by atoms with Crippen molar-refractivity contribution in [2.75, 3.05) is 13.2 Å². The molecule has 1 aromatic heterocycles. The van der Waals surface area contributed by atoms with Crippen molar-refractivity contribution in [1.29, 1.82) is 0 Å². The van der Waals surface area contributed by atoms with Crippen LogP contribution in [0, 0.1) is 5.92 Å². The van der Waals surface area contributed by atoms with E-state index in [2.05, 4.69) is 37.6 Å². The molecule has 0 spiro atoms. The van der Waals surface area contributed by atoms with Gasteiger partial charge in [-0.25, -0.2) is 4.98 Å². The van der Waals surface area contributed by atoms with E-state index in [1.165, 1.54) is 6.42 Å². The largest absolute Gasteiger partial charge is 0.381 e. The summed E-state index contributed by atoms with van der Waals surface area (Å²) in [6.45, 7) is 4.73. The predicted molar refractivity (Wildman–Crippen MR) is 85.2 cm³/mol. The highest BCUT2D eigenvalue weighted by Gasteiger charge is 2.19. The van der Waals surface area contributed by atoms with Gasteiger partial charge in [-0.15, -0.1) is 11.6 Å². The van der Waals surface area contributed by atoms with Crippen LogP contribution in [-0.4, -0.2) is 22.8 Å². The third-order valence-corrected chi connectivity index (χ3v) is 4.57. The molecule has 0 N–H and O–H groups in total. The number of ether oxygens (including phenoxy) is 1. The molecule has 2 unspecified atom stereocenters. The summed E-state index contributed by atoms with van der Waals surface area (Å²) in [5.74, 6) is 1.63. The topological polar surface area (TPSA) is 27.1 Å². The van der Waals surface area contributed by atoms with Crippen molar-refractivity contribution >= 4 is 38.6 Å². The zero-order valence-electron chi connectivity index (χ0n) is 11.5. The summed E-state index contributed by atoms with van der Waals surface area (Å²) in [5.41, 5.74) is 2.17.